The molecule has 2 fully saturated rings. The summed E-state index contributed by atoms with van der Waals surface area (Å²) in [6, 6.07) is 0. The van der Waals surface area contributed by atoms with Gasteiger partial charge in [0.1, 0.15) is 0 Å². The van der Waals surface area contributed by atoms with Gasteiger partial charge >= 0.3 is 0 Å². The van der Waals surface area contributed by atoms with Gasteiger partial charge in [0.05, 0.1) is 0 Å². The van der Waals surface area contributed by atoms with E-state index < -0.39 is 0 Å². The first kappa shape index (κ1) is 16.8. The number of carbonyl (C=O) groups excluding carboxylic acids is 1. The average Bonchev–Trinajstić information content (AvgIpc) is 2.46. The minimum atomic E-state index is 0.303. The monoisotopic (exact) mass is 294 g/mol. The minimum Gasteiger partial charge on any atom is -0.342 e. The van der Waals surface area contributed by atoms with Crippen LogP contribution in [0.4, 0.5) is 0 Å². The SMILES string of the molecule is CNCC1CCCN(C(=O)C2CCC(C(C)(C)C)CC2)C1. The van der Waals surface area contributed by atoms with Crippen molar-refractivity contribution in [2.45, 2.75) is 59.3 Å². The number of nitrogens with one attached hydrogen (secondary N) is 1. The molecule has 1 aliphatic heterocycles. The maximum Gasteiger partial charge on any atom is 0.225 e. The van der Waals surface area contributed by atoms with Crippen molar-refractivity contribution in [3.63, 3.8) is 0 Å². The fraction of sp³-hybridized carbons (Fsp3) is 0.944. The molecular weight excluding hydrogens is 260 g/mol. The zero-order chi connectivity index (χ0) is 15.5. The first-order valence-electron chi connectivity index (χ1n) is 8.85. The van der Waals surface area contributed by atoms with Crippen molar-refractivity contribution in [1.82, 2.24) is 10.2 Å². The zero-order valence-corrected chi connectivity index (χ0v) is 14.5. The van der Waals surface area contributed by atoms with Crippen molar-refractivity contribution in [3.05, 3.63) is 0 Å². The van der Waals surface area contributed by atoms with Gasteiger partial charge in [-0.05, 0) is 69.4 Å². The number of hydrogen-bond donors (Lipinski definition) is 1. The van der Waals surface area contributed by atoms with Gasteiger partial charge in [-0.1, -0.05) is 20.8 Å². The Morgan fingerprint density at radius 1 is 1.14 bits per heavy atom. The molecular formula is C18H34N2O. The fourth-order valence-electron chi connectivity index (χ4n) is 4.19. The molecule has 3 heteroatoms. The van der Waals surface area contributed by atoms with E-state index in [1.165, 1.54) is 25.7 Å². The molecule has 1 atom stereocenters. The van der Waals surface area contributed by atoms with Gasteiger partial charge in [0, 0.05) is 19.0 Å². The Kier molecular flexibility index (Phi) is 5.70. The van der Waals surface area contributed by atoms with Crippen molar-refractivity contribution in [2.24, 2.45) is 23.2 Å². The van der Waals surface area contributed by atoms with Crippen LogP contribution in [0.5, 0.6) is 0 Å². The molecule has 0 aromatic carbocycles. The minimum absolute atomic E-state index is 0.303. The molecule has 0 spiro atoms. The van der Waals surface area contributed by atoms with E-state index >= 15 is 0 Å². The summed E-state index contributed by atoms with van der Waals surface area (Å²) in [7, 11) is 2.01. The van der Waals surface area contributed by atoms with Crippen LogP contribution in [0.2, 0.25) is 0 Å². The highest BCUT2D eigenvalue weighted by Gasteiger charge is 2.35. The van der Waals surface area contributed by atoms with Crippen LogP contribution < -0.4 is 5.32 Å². The van der Waals surface area contributed by atoms with Crippen LogP contribution in [-0.4, -0.2) is 37.5 Å². The van der Waals surface area contributed by atoms with Crippen LogP contribution in [0.15, 0.2) is 0 Å². The van der Waals surface area contributed by atoms with E-state index in [1.807, 2.05) is 7.05 Å². The first-order chi connectivity index (χ1) is 9.91. The molecule has 0 radical (unpaired) electrons. The summed E-state index contributed by atoms with van der Waals surface area (Å²) in [5.74, 6) is 2.19. The Balaban J connectivity index is 1.84. The summed E-state index contributed by atoms with van der Waals surface area (Å²) in [6.45, 7) is 10.0. The van der Waals surface area contributed by atoms with Gasteiger partial charge in [0.2, 0.25) is 5.91 Å². The Hall–Kier alpha value is -0.570. The topological polar surface area (TPSA) is 32.3 Å². The summed E-state index contributed by atoms with van der Waals surface area (Å²) in [5, 5.41) is 3.26. The van der Waals surface area contributed by atoms with E-state index in [-0.39, 0.29) is 0 Å². The van der Waals surface area contributed by atoms with Crippen molar-refractivity contribution in [3.8, 4) is 0 Å². The molecule has 0 bridgehead atoms. The Morgan fingerprint density at radius 2 is 1.81 bits per heavy atom. The van der Waals surface area contributed by atoms with Crippen LogP contribution in [0.25, 0.3) is 0 Å². The molecule has 21 heavy (non-hydrogen) atoms. The maximum atomic E-state index is 12.8. The second kappa shape index (κ2) is 7.13. The van der Waals surface area contributed by atoms with Crippen LogP contribution in [0.3, 0.4) is 0 Å². The lowest BCUT2D eigenvalue weighted by molar-refractivity contribution is -0.139. The molecule has 1 saturated heterocycles. The van der Waals surface area contributed by atoms with Gasteiger partial charge in [0.25, 0.3) is 0 Å². The lowest BCUT2D eigenvalue weighted by Crippen LogP contribution is -2.45. The summed E-state index contributed by atoms with van der Waals surface area (Å²) in [6.07, 6.45) is 7.11. The summed E-state index contributed by atoms with van der Waals surface area (Å²) < 4.78 is 0. The number of rotatable bonds is 3. The summed E-state index contributed by atoms with van der Waals surface area (Å²) >= 11 is 0. The summed E-state index contributed by atoms with van der Waals surface area (Å²) in [5.41, 5.74) is 0.400. The number of carbonyl (C=O) groups is 1. The average molecular weight is 294 g/mol. The van der Waals surface area contributed by atoms with Crippen LogP contribution in [-0.2, 0) is 4.79 Å². The van der Waals surface area contributed by atoms with Gasteiger partial charge in [0.15, 0.2) is 0 Å². The van der Waals surface area contributed by atoms with E-state index in [0.717, 1.165) is 38.4 Å². The molecule has 1 N–H and O–H groups in total. The number of likely N-dealkylation sites (tertiary alicyclic amines) is 1. The highest BCUT2D eigenvalue weighted by molar-refractivity contribution is 5.79. The van der Waals surface area contributed by atoms with Crippen LogP contribution in [0, 0.1) is 23.2 Å². The lowest BCUT2D eigenvalue weighted by atomic mass is 9.69. The van der Waals surface area contributed by atoms with Gasteiger partial charge in [-0.2, -0.15) is 0 Å². The molecule has 0 aromatic rings. The predicted octanol–water partition coefficient (Wildman–Crippen LogP) is 3.30. The standard InChI is InChI=1S/C18H34N2O/c1-18(2,3)16-9-7-15(8-10-16)17(21)20-11-5-6-14(13-20)12-19-4/h14-16,19H,5-13H2,1-4H3. The quantitative estimate of drug-likeness (QED) is 0.866. The van der Waals surface area contributed by atoms with Gasteiger partial charge in [-0.15, -0.1) is 0 Å². The third-order valence-corrected chi connectivity index (χ3v) is 5.62. The summed E-state index contributed by atoms with van der Waals surface area (Å²) in [4.78, 5) is 14.9. The second-order valence-corrected chi connectivity index (χ2v) is 8.26. The maximum absolute atomic E-state index is 12.8. The normalized spacial score (nSPS) is 31.2. The number of piperidine rings is 1. The Labute approximate surface area is 130 Å². The van der Waals surface area contributed by atoms with Crippen molar-refractivity contribution >= 4 is 5.91 Å². The van der Waals surface area contributed by atoms with E-state index in [1.54, 1.807) is 0 Å². The molecule has 2 rings (SSSR count). The van der Waals surface area contributed by atoms with E-state index in [0.29, 0.717) is 23.2 Å². The van der Waals surface area contributed by atoms with Gasteiger partial charge < -0.3 is 10.2 Å². The van der Waals surface area contributed by atoms with Crippen molar-refractivity contribution in [2.75, 3.05) is 26.7 Å². The number of hydrogen-bond acceptors (Lipinski definition) is 2. The fourth-order valence-corrected chi connectivity index (χ4v) is 4.19. The molecule has 1 heterocycles. The zero-order valence-electron chi connectivity index (χ0n) is 14.5. The van der Waals surface area contributed by atoms with Gasteiger partial charge in [-0.3, -0.25) is 4.79 Å². The third-order valence-electron chi connectivity index (χ3n) is 5.62. The lowest BCUT2D eigenvalue weighted by Gasteiger charge is -2.39. The van der Waals surface area contributed by atoms with Crippen LogP contribution in [0.1, 0.15) is 59.3 Å². The third kappa shape index (κ3) is 4.45. The molecule has 1 unspecified atom stereocenters. The molecule has 0 aromatic heterocycles. The van der Waals surface area contributed by atoms with Gasteiger partial charge in [-0.25, -0.2) is 0 Å². The molecule has 1 aliphatic carbocycles. The van der Waals surface area contributed by atoms with E-state index in [9.17, 15) is 4.79 Å². The smallest absolute Gasteiger partial charge is 0.225 e. The van der Waals surface area contributed by atoms with Crippen LogP contribution >= 0.6 is 0 Å². The predicted molar refractivity (Wildman–Crippen MR) is 88.1 cm³/mol. The molecule has 1 saturated carbocycles. The van der Waals surface area contributed by atoms with Crippen molar-refractivity contribution < 1.29 is 4.79 Å². The number of amides is 1. The molecule has 3 nitrogen and oxygen atoms in total. The second-order valence-electron chi connectivity index (χ2n) is 8.26. The molecule has 122 valence electrons. The Morgan fingerprint density at radius 3 is 2.38 bits per heavy atom. The highest BCUT2D eigenvalue weighted by atomic mass is 16.2. The first-order valence-corrected chi connectivity index (χ1v) is 8.85. The van der Waals surface area contributed by atoms with E-state index in [2.05, 4.69) is 31.0 Å². The van der Waals surface area contributed by atoms with E-state index in [4.69, 9.17) is 0 Å². The number of nitrogens with zero attached hydrogens (tertiary/aromatic N) is 1. The van der Waals surface area contributed by atoms with Crippen molar-refractivity contribution in [1.29, 1.82) is 0 Å². The highest BCUT2D eigenvalue weighted by Crippen LogP contribution is 2.40. The molecule has 2 aliphatic rings. The largest absolute Gasteiger partial charge is 0.342 e. The Bertz CT molecular complexity index is 338. The molecule has 1 amide bonds.